The first-order chi connectivity index (χ1) is 16.0. The maximum atomic E-state index is 13.1. The highest BCUT2D eigenvalue weighted by atomic mass is 35.5. The van der Waals surface area contributed by atoms with Crippen LogP contribution in [-0.4, -0.2) is 29.1 Å². The smallest absolute Gasteiger partial charge is 0.257 e. The minimum absolute atomic E-state index is 0.145. The number of anilines is 1. The lowest BCUT2D eigenvalue weighted by Gasteiger charge is -2.25. The van der Waals surface area contributed by atoms with Crippen molar-refractivity contribution >= 4 is 35.1 Å². The normalized spacial score (nSPS) is 15.0. The number of ether oxygens (including phenoxy) is 2. The van der Waals surface area contributed by atoms with Gasteiger partial charge in [0.15, 0.2) is 16.7 Å². The Morgan fingerprint density at radius 1 is 1.09 bits per heavy atom. The molecule has 1 unspecified atom stereocenters. The molecule has 1 aliphatic heterocycles. The van der Waals surface area contributed by atoms with E-state index in [0.29, 0.717) is 52.0 Å². The number of H-pyrrole nitrogens is 1. The number of hydrogen-bond acceptors (Lipinski definition) is 6. The summed E-state index contributed by atoms with van der Waals surface area (Å²) in [6.45, 7) is 4.77. The van der Waals surface area contributed by atoms with Crippen LogP contribution >= 0.6 is 23.4 Å². The van der Waals surface area contributed by atoms with Gasteiger partial charge in [0.05, 0.1) is 18.8 Å². The molecule has 3 aromatic rings. The second-order valence-electron chi connectivity index (χ2n) is 7.43. The lowest BCUT2D eigenvalue weighted by Crippen LogP contribution is -2.31. The van der Waals surface area contributed by atoms with E-state index in [1.54, 1.807) is 0 Å². The van der Waals surface area contributed by atoms with Crippen LogP contribution in [0.4, 0.5) is 5.82 Å². The third kappa shape index (κ3) is 5.34. The van der Waals surface area contributed by atoms with Gasteiger partial charge in [-0.1, -0.05) is 41.6 Å². The molecule has 2 heterocycles. The van der Waals surface area contributed by atoms with Crippen LogP contribution in [0, 0.1) is 0 Å². The van der Waals surface area contributed by atoms with E-state index in [0.717, 1.165) is 11.1 Å². The van der Waals surface area contributed by atoms with Crippen LogP contribution in [0.2, 0.25) is 5.02 Å². The number of fused-ring (bicyclic) bond motifs is 1. The quantitative estimate of drug-likeness (QED) is 0.345. The number of thioether (sulfide) groups is 1. The molecule has 172 valence electrons. The molecule has 1 aliphatic rings. The number of rotatable bonds is 8. The fourth-order valence-electron chi connectivity index (χ4n) is 3.77. The van der Waals surface area contributed by atoms with Gasteiger partial charge in [-0.25, -0.2) is 4.98 Å². The van der Waals surface area contributed by atoms with Crippen LogP contribution in [0.5, 0.6) is 11.5 Å². The van der Waals surface area contributed by atoms with E-state index in [1.165, 1.54) is 11.8 Å². The van der Waals surface area contributed by atoms with Gasteiger partial charge >= 0.3 is 0 Å². The van der Waals surface area contributed by atoms with Gasteiger partial charge in [0.25, 0.3) is 5.56 Å². The Morgan fingerprint density at radius 3 is 2.64 bits per heavy atom. The first kappa shape index (κ1) is 23.2. The van der Waals surface area contributed by atoms with Crippen LogP contribution in [-0.2, 0) is 10.5 Å². The average Bonchev–Trinajstić information content (AvgIpc) is 2.78. The summed E-state index contributed by atoms with van der Waals surface area (Å²) in [5, 5.41) is 3.84. The molecule has 0 radical (unpaired) electrons. The predicted octanol–water partition coefficient (Wildman–Crippen LogP) is 4.99. The summed E-state index contributed by atoms with van der Waals surface area (Å²) in [4.78, 5) is 33.0. The molecule has 1 atom stereocenters. The third-order valence-corrected chi connectivity index (χ3v) is 6.34. The molecule has 2 aromatic carbocycles. The monoisotopic (exact) mass is 485 g/mol. The molecule has 0 fully saturated rings. The van der Waals surface area contributed by atoms with Gasteiger partial charge in [0.1, 0.15) is 5.82 Å². The summed E-state index contributed by atoms with van der Waals surface area (Å²) >= 11 is 7.42. The number of carbonyl (C=O) groups excluding carboxylic acids is 1. The van der Waals surface area contributed by atoms with Crippen molar-refractivity contribution in [3.8, 4) is 11.5 Å². The summed E-state index contributed by atoms with van der Waals surface area (Å²) in [6, 6.07) is 13.0. The van der Waals surface area contributed by atoms with Crippen LogP contribution in [0.1, 0.15) is 42.9 Å². The number of carbonyl (C=O) groups is 1. The summed E-state index contributed by atoms with van der Waals surface area (Å²) in [5.74, 6) is 1.46. The van der Waals surface area contributed by atoms with E-state index in [4.69, 9.17) is 21.1 Å². The average molecular weight is 486 g/mol. The van der Waals surface area contributed by atoms with E-state index >= 15 is 0 Å². The summed E-state index contributed by atoms with van der Waals surface area (Å²) in [7, 11) is 0. The van der Waals surface area contributed by atoms with Crippen molar-refractivity contribution in [2.45, 2.75) is 37.1 Å². The van der Waals surface area contributed by atoms with E-state index < -0.39 is 5.92 Å². The first-order valence-electron chi connectivity index (χ1n) is 10.7. The van der Waals surface area contributed by atoms with Crippen molar-refractivity contribution in [2.75, 3.05) is 18.5 Å². The fraction of sp³-hybridized carbons (Fsp3) is 0.292. The molecule has 0 saturated heterocycles. The highest BCUT2D eigenvalue weighted by molar-refractivity contribution is 7.98. The van der Waals surface area contributed by atoms with Gasteiger partial charge in [-0.2, -0.15) is 0 Å². The fourth-order valence-corrected chi connectivity index (χ4v) is 4.78. The Kier molecular flexibility index (Phi) is 7.25. The number of nitrogens with zero attached hydrogens (tertiary/aromatic N) is 1. The molecule has 0 bridgehead atoms. The molecule has 1 aromatic heterocycles. The topological polar surface area (TPSA) is 93.3 Å². The Bertz CT molecular complexity index is 1230. The number of nitrogens with one attached hydrogen (secondary N) is 2. The molecule has 33 heavy (non-hydrogen) atoms. The zero-order valence-electron chi connectivity index (χ0n) is 18.3. The Morgan fingerprint density at radius 2 is 1.88 bits per heavy atom. The number of aromatic nitrogens is 2. The van der Waals surface area contributed by atoms with Gasteiger partial charge in [-0.15, -0.1) is 0 Å². The van der Waals surface area contributed by atoms with E-state index in [9.17, 15) is 9.59 Å². The second-order valence-corrected chi connectivity index (χ2v) is 8.83. The van der Waals surface area contributed by atoms with Crippen LogP contribution in [0.3, 0.4) is 0 Å². The number of hydrogen-bond donors (Lipinski definition) is 2. The van der Waals surface area contributed by atoms with E-state index in [2.05, 4.69) is 15.3 Å². The molecule has 0 saturated carbocycles. The van der Waals surface area contributed by atoms with Gasteiger partial charge in [0, 0.05) is 23.1 Å². The Labute approximate surface area is 200 Å². The number of halogens is 1. The maximum absolute atomic E-state index is 13.1. The van der Waals surface area contributed by atoms with Crippen LogP contribution < -0.4 is 20.3 Å². The molecule has 1 amide bonds. The van der Waals surface area contributed by atoms with E-state index in [-0.39, 0.29) is 17.9 Å². The van der Waals surface area contributed by atoms with Crippen molar-refractivity contribution < 1.29 is 14.3 Å². The highest BCUT2D eigenvalue weighted by Crippen LogP contribution is 2.38. The van der Waals surface area contributed by atoms with E-state index in [1.807, 2.05) is 56.3 Å². The molecule has 7 nitrogen and oxygen atoms in total. The van der Waals surface area contributed by atoms with Crippen LogP contribution in [0.15, 0.2) is 52.4 Å². The largest absolute Gasteiger partial charge is 0.490 e. The Hall–Kier alpha value is -2.97. The van der Waals surface area contributed by atoms with Crippen molar-refractivity contribution in [1.29, 1.82) is 0 Å². The minimum atomic E-state index is -0.438. The first-order valence-corrected chi connectivity index (χ1v) is 12.1. The third-order valence-electron chi connectivity index (χ3n) is 5.16. The SMILES string of the molecule is CCOc1ccc(C2CC(=O)Nc3nc(SCc4cccc(Cl)c4)[nH]c(=O)c32)cc1OCC. The van der Waals surface area contributed by atoms with Crippen LogP contribution in [0.25, 0.3) is 0 Å². The zero-order valence-corrected chi connectivity index (χ0v) is 19.9. The molecule has 2 N–H and O–H groups in total. The summed E-state index contributed by atoms with van der Waals surface area (Å²) < 4.78 is 11.4. The summed E-state index contributed by atoms with van der Waals surface area (Å²) in [6.07, 6.45) is 0.145. The lowest BCUT2D eigenvalue weighted by molar-refractivity contribution is -0.116. The van der Waals surface area contributed by atoms with Crippen molar-refractivity contribution in [2.24, 2.45) is 0 Å². The molecule has 9 heteroatoms. The Balaban J connectivity index is 1.65. The second kappa shape index (κ2) is 10.3. The van der Waals surface area contributed by atoms with Gasteiger partial charge in [0.2, 0.25) is 5.91 Å². The van der Waals surface area contributed by atoms with Crippen molar-refractivity contribution in [3.05, 3.63) is 74.5 Å². The highest BCUT2D eigenvalue weighted by Gasteiger charge is 2.31. The molecule has 4 rings (SSSR count). The lowest BCUT2D eigenvalue weighted by atomic mass is 9.86. The molecular weight excluding hydrogens is 462 g/mol. The number of amides is 1. The predicted molar refractivity (Wildman–Crippen MR) is 130 cm³/mol. The minimum Gasteiger partial charge on any atom is -0.490 e. The standard InChI is InChI=1S/C24H24ClN3O4S/c1-3-31-18-9-8-15(11-19(18)32-4-2)17-12-20(29)26-22-21(17)23(30)28-24(27-22)33-13-14-6-5-7-16(25)10-14/h5-11,17H,3-4,12-13H2,1-2H3,(H2,26,27,28,29,30). The van der Waals surface area contributed by atoms with Gasteiger partial charge < -0.3 is 19.8 Å². The molecular formula is C24H24ClN3O4S. The zero-order chi connectivity index (χ0) is 23.4. The van der Waals surface area contributed by atoms with Crippen molar-refractivity contribution in [1.82, 2.24) is 9.97 Å². The molecule has 0 spiro atoms. The number of benzene rings is 2. The summed E-state index contributed by atoms with van der Waals surface area (Å²) in [5.41, 5.74) is 1.97. The van der Waals surface area contributed by atoms with Gasteiger partial charge in [-0.05, 0) is 49.2 Å². The number of aromatic amines is 1. The molecule has 0 aliphatic carbocycles. The van der Waals surface area contributed by atoms with Crippen molar-refractivity contribution in [3.63, 3.8) is 0 Å². The maximum Gasteiger partial charge on any atom is 0.257 e. The van der Waals surface area contributed by atoms with Gasteiger partial charge in [-0.3, -0.25) is 9.59 Å².